The molecule has 2 N–H and O–H groups in total. The van der Waals surface area contributed by atoms with Crippen molar-refractivity contribution in [3.63, 3.8) is 0 Å². The number of carbonyl (C=O) groups is 1. The van der Waals surface area contributed by atoms with Crippen LogP contribution in [0.3, 0.4) is 0 Å². The van der Waals surface area contributed by atoms with Crippen LogP contribution < -0.4 is 5.73 Å². The number of nitrogens with zero attached hydrogens (tertiary/aromatic N) is 1. The monoisotopic (exact) mass is 282 g/mol. The largest absolute Gasteiger partial charge is 0.339 e. The number of carbonyl (C=O) groups excluding carboxylic acids is 1. The van der Waals surface area contributed by atoms with Crippen molar-refractivity contribution >= 4 is 16.7 Å². The van der Waals surface area contributed by atoms with Crippen LogP contribution in [0.2, 0.25) is 0 Å². The van der Waals surface area contributed by atoms with Gasteiger partial charge in [0.1, 0.15) is 0 Å². The number of piperidine rings is 1. The minimum absolute atomic E-state index is 0.148. The fourth-order valence-corrected chi connectivity index (χ4v) is 3.21. The third-order valence-electron chi connectivity index (χ3n) is 4.59. The van der Waals surface area contributed by atoms with Gasteiger partial charge in [-0.25, -0.2) is 0 Å². The Balaban J connectivity index is 1.82. The van der Waals surface area contributed by atoms with Gasteiger partial charge in [0.05, 0.1) is 0 Å². The molecule has 1 aliphatic rings. The van der Waals surface area contributed by atoms with Crippen molar-refractivity contribution < 1.29 is 4.79 Å². The van der Waals surface area contributed by atoms with Gasteiger partial charge in [-0.05, 0) is 42.5 Å². The molecule has 21 heavy (non-hydrogen) atoms. The van der Waals surface area contributed by atoms with Crippen molar-refractivity contribution in [2.24, 2.45) is 11.7 Å². The molecule has 2 aromatic rings. The second-order valence-corrected chi connectivity index (χ2v) is 6.02. The summed E-state index contributed by atoms with van der Waals surface area (Å²) in [5, 5.41) is 2.16. The highest BCUT2D eigenvalue weighted by molar-refractivity contribution is 6.07. The van der Waals surface area contributed by atoms with Crippen LogP contribution in [0.25, 0.3) is 10.8 Å². The Kier molecular flexibility index (Phi) is 3.93. The number of fused-ring (bicyclic) bond motifs is 1. The highest BCUT2D eigenvalue weighted by Crippen LogP contribution is 2.24. The van der Waals surface area contributed by atoms with E-state index in [0.29, 0.717) is 5.92 Å². The lowest BCUT2D eigenvalue weighted by molar-refractivity contribution is 0.0683. The maximum atomic E-state index is 12.8. The minimum atomic E-state index is 0.148. The molecular weight excluding hydrogens is 260 g/mol. The molecule has 0 bridgehead atoms. The van der Waals surface area contributed by atoms with Gasteiger partial charge in [0.15, 0.2) is 0 Å². The third kappa shape index (κ3) is 2.79. The molecule has 0 spiro atoms. The molecule has 0 aromatic heterocycles. The quantitative estimate of drug-likeness (QED) is 0.920. The van der Waals surface area contributed by atoms with E-state index in [1.54, 1.807) is 0 Å². The lowest BCUT2D eigenvalue weighted by atomic mass is 9.90. The van der Waals surface area contributed by atoms with E-state index in [0.717, 1.165) is 42.3 Å². The van der Waals surface area contributed by atoms with Crippen LogP contribution in [0.5, 0.6) is 0 Å². The summed E-state index contributed by atoms with van der Waals surface area (Å²) in [6.07, 6.45) is 2.02. The summed E-state index contributed by atoms with van der Waals surface area (Å²) >= 11 is 0. The SMILES string of the molecule is CC(N)C1CCN(C(=O)c2cccc3ccccc23)CC1. The number of hydrogen-bond donors (Lipinski definition) is 1. The van der Waals surface area contributed by atoms with Gasteiger partial charge in [-0.3, -0.25) is 4.79 Å². The molecule has 0 aliphatic carbocycles. The van der Waals surface area contributed by atoms with E-state index in [-0.39, 0.29) is 11.9 Å². The number of benzene rings is 2. The molecule has 1 aliphatic heterocycles. The molecule has 1 unspecified atom stereocenters. The molecule has 110 valence electrons. The molecule has 1 atom stereocenters. The number of nitrogens with two attached hydrogens (primary N) is 1. The van der Waals surface area contributed by atoms with Crippen LogP contribution in [0.15, 0.2) is 42.5 Å². The van der Waals surface area contributed by atoms with Crippen LogP contribution in [-0.2, 0) is 0 Å². The van der Waals surface area contributed by atoms with Gasteiger partial charge in [0, 0.05) is 24.7 Å². The highest BCUT2D eigenvalue weighted by atomic mass is 16.2. The second-order valence-electron chi connectivity index (χ2n) is 6.02. The van der Waals surface area contributed by atoms with Gasteiger partial charge in [0.2, 0.25) is 0 Å². The van der Waals surface area contributed by atoms with Gasteiger partial charge in [0.25, 0.3) is 5.91 Å². The number of hydrogen-bond acceptors (Lipinski definition) is 2. The molecule has 1 saturated heterocycles. The summed E-state index contributed by atoms with van der Waals surface area (Å²) in [5.41, 5.74) is 6.78. The first-order chi connectivity index (χ1) is 10.2. The van der Waals surface area contributed by atoms with E-state index in [1.165, 1.54) is 0 Å². The van der Waals surface area contributed by atoms with E-state index in [4.69, 9.17) is 5.73 Å². The van der Waals surface area contributed by atoms with E-state index in [1.807, 2.05) is 35.2 Å². The first-order valence-electron chi connectivity index (χ1n) is 7.69. The lowest BCUT2D eigenvalue weighted by Gasteiger charge is -2.34. The molecule has 0 saturated carbocycles. The Morgan fingerprint density at radius 3 is 2.52 bits per heavy atom. The molecule has 1 heterocycles. The van der Waals surface area contributed by atoms with Gasteiger partial charge >= 0.3 is 0 Å². The zero-order chi connectivity index (χ0) is 14.8. The predicted octanol–water partition coefficient (Wildman–Crippen LogP) is 3.04. The van der Waals surface area contributed by atoms with E-state index >= 15 is 0 Å². The Morgan fingerprint density at radius 2 is 1.81 bits per heavy atom. The second kappa shape index (κ2) is 5.86. The van der Waals surface area contributed by atoms with Gasteiger partial charge in [-0.2, -0.15) is 0 Å². The third-order valence-corrected chi connectivity index (χ3v) is 4.59. The maximum absolute atomic E-state index is 12.8. The molecule has 0 radical (unpaired) electrons. The summed E-state index contributed by atoms with van der Waals surface area (Å²) in [7, 11) is 0. The van der Waals surface area contributed by atoms with Crippen molar-refractivity contribution in [1.29, 1.82) is 0 Å². The number of rotatable bonds is 2. The molecule has 3 rings (SSSR count). The van der Waals surface area contributed by atoms with Crippen LogP contribution in [0.1, 0.15) is 30.1 Å². The van der Waals surface area contributed by atoms with Crippen molar-refractivity contribution in [3.05, 3.63) is 48.0 Å². The molecule has 3 nitrogen and oxygen atoms in total. The Hall–Kier alpha value is -1.87. The smallest absolute Gasteiger partial charge is 0.254 e. The predicted molar refractivity (Wildman–Crippen MR) is 86.2 cm³/mol. The van der Waals surface area contributed by atoms with Crippen LogP contribution in [0.4, 0.5) is 0 Å². The van der Waals surface area contributed by atoms with E-state index < -0.39 is 0 Å². The molecule has 2 aromatic carbocycles. The van der Waals surface area contributed by atoms with Gasteiger partial charge < -0.3 is 10.6 Å². The molecule has 3 heteroatoms. The van der Waals surface area contributed by atoms with Crippen molar-refractivity contribution in [3.8, 4) is 0 Å². The average molecular weight is 282 g/mol. The number of amides is 1. The van der Waals surface area contributed by atoms with Crippen LogP contribution >= 0.6 is 0 Å². The zero-order valence-electron chi connectivity index (χ0n) is 12.5. The summed E-state index contributed by atoms with van der Waals surface area (Å²) < 4.78 is 0. The summed E-state index contributed by atoms with van der Waals surface area (Å²) in [4.78, 5) is 14.8. The van der Waals surface area contributed by atoms with Crippen molar-refractivity contribution in [2.75, 3.05) is 13.1 Å². The molecular formula is C18H22N2O. The Labute approximate surface area is 125 Å². The Morgan fingerprint density at radius 1 is 1.14 bits per heavy atom. The van der Waals surface area contributed by atoms with E-state index in [9.17, 15) is 4.79 Å². The van der Waals surface area contributed by atoms with Crippen LogP contribution in [-0.4, -0.2) is 29.9 Å². The normalized spacial score (nSPS) is 17.9. The standard InChI is InChI=1S/C18H22N2O/c1-13(19)14-9-11-20(12-10-14)18(21)17-8-4-6-15-5-2-3-7-16(15)17/h2-8,13-14H,9-12,19H2,1H3. The summed E-state index contributed by atoms with van der Waals surface area (Å²) in [6.45, 7) is 3.69. The number of likely N-dealkylation sites (tertiary alicyclic amines) is 1. The average Bonchev–Trinajstić information content (AvgIpc) is 2.53. The molecule has 1 amide bonds. The lowest BCUT2D eigenvalue weighted by Crippen LogP contribution is -2.42. The topological polar surface area (TPSA) is 46.3 Å². The van der Waals surface area contributed by atoms with Gasteiger partial charge in [-0.15, -0.1) is 0 Å². The highest BCUT2D eigenvalue weighted by Gasteiger charge is 2.26. The van der Waals surface area contributed by atoms with Crippen molar-refractivity contribution in [1.82, 2.24) is 4.90 Å². The summed E-state index contributed by atoms with van der Waals surface area (Å²) in [6, 6.07) is 14.2. The molecule has 1 fully saturated rings. The first-order valence-corrected chi connectivity index (χ1v) is 7.69. The Bertz CT molecular complexity index is 637. The maximum Gasteiger partial charge on any atom is 0.254 e. The van der Waals surface area contributed by atoms with Gasteiger partial charge in [-0.1, -0.05) is 36.4 Å². The minimum Gasteiger partial charge on any atom is -0.339 e. The van der Waals surface area contributed by atoms with Crippen molar-refractivity contribution in [2.45, 2.75) is 25.8 Å². The summed E-state index contributed by atoms with van der Waals surface area (Å²) in [5.74, 6) is 0.691. The van der Waals surface area contributed by atoms with E-state index in [2.05, 4.69) is 19.1 Å². The first kappa shape index (κ1) is 14.1. The zero-order valence-corrected chi connectivity index (χ0v) is 12.5. The fraction of sp³-hybridized carbons (Fsp3) is 0.389. The van der Waals surface area contributed by atoms with Crippen LogP contribution in [0, 0.1) is 5.92 Å². The fourth-order valence-electron chi connectivity index (χ4n) is 3.21.